The molecule has 0 aliphatic carbocycles. The maximum absolute atomic E-state index is 13.3. The fourth-order valence-corrected chi connectivity index (χ4v) is 4.28. The van der Waals surface area contributed by atoms with Crippen LogP contribution in [-0.4, -0.2) is 35.1 Å². The maximum Gasteiger partial charge on any atom is 0.327 e. The minimum Gasteiger partial charge on any atom is -0.368 e. The van der Waals surface area contributed by atoms with E-state index in [2.05, 4.69) is 21.3 Å². The van der Waals surface area contributed by atoms with Crippen LogP contribution >= 0.6 is 11.6 Å². The molecule has 1 N–H and O–H groups in total. The summed E-state index contributed by atoms with van der Waals surface area (Å²) in [5.41, 5.74) is 3.40. The minimum atomic E-state index is -0.177. The zero-order valence-corrected chi connectivity index (χ0v) is 16.5. The summed E-state index contributed by atoms with van der Waals surface area (Å²) in [6.45, 7) is 1.85. The molecule has 0 saturated carbocycles. The normalized spacial score (nSPS) is 15.8. The highest BCUT2D eigenvalue weighted by molar-refractivity contribution is 6.30. The second-order valence-corrected chi connectivity index (χ2v) is 7.75. The number of urea groups is 1. The molecule has 0 unspecified atom stereocenters. The number of pyridine rings is 2. The monoisotopic (exact) mass is 405 g/mol. The Labute approximate surface area is 174 Å². The summed E-state index contributed by atoms with van der Waals surface area (Å²) in [4.78, 5) is 26.4. The van der Waals surface area contributed by atoms with Gasteiger partial charge in [-0.25, -0.2) is 9.78 Å². The highest BCUT2D eigenvalue weighted by atomic mass is 35.5. The maximum atomic E-state index is 13.3. The Morgan fingerprint density at radius 1 is 1.10 bits per heavy atom. The van der Waals surface area contributed by atoms with Crippen molar-refractivity contribution in [3.63, 3.8) is 0 Å². The number of piperidine rings is 1. The number of fused-ring (bicyclic) bond motifs is 2. The third-order valence-corrected chi connectivity index (χ3v) is 5.74. The van der Waals surface area contributed by atoms with Gasteiger partial charge in [-0.15, -0.1) is 0 Å². The second-order valence-electron chi connectivity index (χ2n) is 7.31. The van der Waals surface area contributed by atoms with Crippen LogP contribution in [0.1, 0.15) is 12.8 Å². The van der Waals surface area contributed by atoms with Crippen LogP contribution in [0.4, 0.5) is 22.0 Å². The van der Waals surface area contributed by atoms with Crippen molar-refractivity contribution in [2.45, 2.75) is 18.9 Å². The Hall–Kier alpha value is -3.12. The molecule has 5 heterocycles. The highest BCUT2D eigenvalue weighted by Gasteiger charge is 2.37. The van der Waals surface area contributed by atoms with Gasteiger partial charge in [-0.3, -0.25) is 9.88 Å². The van der Waals surface area contributed by atoms with E-state index >= 15 is 0 Å². The van der Waals surface area contributed by atoms with Gasteiger partial charge in [0.25, 0.3) is 0 Å². The molecule has 6 rings (SSSR count). The second kappa shape index (κ2) is 7.37. The van der Waals surface area contributed by atoms with Gasteiger partial charge in [0.2, 0.25) is 0 Å². The quantitative estimate of drug-likeness (QED) is 0.664. The molecule has 0 radical (unpaired) electrons. The zero-order chi connectivity index (χ0) is 19.8. The molecule has 2 bridgehead atoms. The lowest BCUT2D eigenvalue weighted by atomic mass is 10.1. The van der Waals surface area contributed by atoms with Crippen LogP contribution < -0.4 is 15.1 Å². The van der Waals surface area contributed by atoms with Gasteiger partial charge in [0.15, 0.2) is 5.82 Å². The molecule has 29 heavy (non-hydrogen) atoms. The van der Waals surface area contributed by atoms with Gasteiger partial charge in [-0.05, 0) is 49.2 Å². The molecule has 1 aromatic carbocycles. The summed E-state index contributed by atoms with van der Waals surface area (Å²) in [5.74, 6) is 0.698. The van der Waals surface area contributed by atoms with Crippen molar-refractivity contribution < 1.29 is 4.79 Å². The fourth-order valence-electron chi connectivity index (χ4n) is 4.09. The molecular weight excluding hydrogens is 386 g/mol. The van der Waals surface area contributed by atoms with Crippen molar-refractivity contribution in [3.05, 3.63) is 65.9 Å². The first kappa shape index (κ1) is 17.9. The van der Waals surface area contributed by atoms with E-state index in [1.807, 2.05) is 41.3 Å². The van der Waals surface area contributed by atoms with Crippen LogP contribution in [0, 0.1) is 0 Å². The first-order valence-corrected chi connectivity index (χ1v) is 10.1. The third kappa shape index (κ3) is 3.40. The molecule has 0 atom stereocenters. The molecule has 2 amide bonds. The van der Waals surface area contributed by atoms with Gasteiger partial charge >= 0.3 is 6.03 Å². The number of rotatable bonds is 2. The van der Waals surface area contributed by atoms with Crippen LogP contribution in [0.15, 0.2) is 60.9 Å². The molecule has 146 valence electrons. The van der Waals surface area contributed by atoms with Crippen LogP contribution in [0.2, 0.25) is 5.02 Å². The van der Waals surface area contributed by atoms with Gasteiger partial charge in [-0.2, -0.15) is 0 Å². The average molecular weight is 406 g/mol. The van der Waals surface area contributed by atoms with Crippen LogP contribution in [-0.2, 0) is 0 Å². The predicted molar refractivity (Wildman–Crippen MR) is 116 cm³/mol. The minimum absolute atomic E-state index is 0.117. The number of amides is 2. The first-order valence-electron chi connectivity index (χ1n) is 9.71. The number of carbonyl (C=O) groups is 1. The molecule has 3 aliphatic rings. The number of anilines is 3. The Bertz CT molecular complexity index is 1050. The molecule has 7 heteroatoms. The van der Waals surface area contributed by atoms with Crippen LogP contribution in [0.3, 0.4) is 0 Å². The Kier molecular flexibility index (Phi) is 4.56. The van der Waals surface area contributed by atoms with E-state index in [1.165, 1.54) is 0 Å². The number of carbonyl (C=O) groups excluding carboxylic acids is 1. The standard InChI is InChI=1S/C22H20ClN5O/c23-16-4-1-3-15(13-16)19-6-7-20-21(26-19)28(18-8-11-27(20)12-9-18)22(29)25-17-5-2-10-24-14-17/h1-7,10,13-14,18H,8-9,11-12H2,(H,25,29). The van der Waals surface area contributed by atoms with Gasteiger partial charge in [0.1, 0.15) is 0 Å². The van der Waals surface area contributed by atoms with Crippen molar-refractivity contribution in [3.8, 4) is 11.3 Å². The largest absolute Gasteiger partial charge is 0.368 e. The van der Waals surface area contributed by atoms with Crippen molar-refractivity contribution >= 4 is 34.8 Å². The highest BCUT2D eigenvalue weighted by Crippen LogP contribution is 2.39. The fraction of sp³-hybridized carbons (Fsp3) is 0.227. The van der Waals surface area contributed by atoms with Crippen molar-refractivity contribution in [1.82, 2.24) is 9.97 Å². The molecule has 6 nitrogen and oxygen atoms in total. The van der Waals surface area contributed by atoms with Gasteiger partial charge in [0, 0.05) is 35.9 Å². The molecular formula is C22H20ClN5O. The van der Waals surface area contributed by atoms with E-state index < -0.39 is 0 Å². The SMILES string of the molecule is O=C(Nc1cccnc1)N1c2nc(-c3cccc(Cl)c3)ccc2N2CCC1CC2. The summed E-state index contributed by atoms with van der Waals surface area (Å²) >= 11 is 6.17. The number of hydrogen-bond acceptors (Lipinski definition) is 4. The number of nitrogens with zero attached hydrogens (tertiary/aromatic N) is 4. The lowest BCUT2D eigenvalue weighted by Crippen LogP contribution is -2.46. The summed E-state index contributed by atoms with van der Waals surface area (Å²) in [6.07, 6.45) is 5.17. The smallest absolute Gasteiger partial charge is 0.327 e. The zero-order valence-electron chi connectivity index (χ0n) is 15.8. The van der Waals surface area contributed by atoms with Crippen LogP contribution in [0.5, 0.6) is 0 Å². The lowest BCUT2D eigenvalue weighted by Gasteiger charge is -2.31. The number of hydrogen-bond donors (Lipinski definition) is 1. The molecule has 1 fully saturated rings. The number of nitrogens with one attached hydrogen (secondary N) is 1. The summed E-state index contributed by atoms with van der Waals surface area (Å²) in [5, 5.41) is 3.64. The number of halogens is 1. The summed E-state index contributed by atoms with van der Waals surface area (Å²) < 4.78 is 0. The van der Waals surface area contributed by atoms with Gasteiger partial charge in [-0.1, -0.05) is 23.7 Å². The molecule has 2 aromatic heterocycles. The molecule has 0 spiro atoms. The van der Waals surface area contributed by atoms with E-state index in [0.717, 1.165) is 42.9 Å². The van der Waals surface area contributed by atoms with Crippen molar-refractivity contribution in [2.75, 3.05) is 28.2 Å². The average Bonchev–Trinajstić information content (AvgIpc) is 3.00. The van der Waals surface area contributed by atoms with Gasteiger partial charge < -0.3 is 10.2 Å². The van der Waals surface area contributed by atoms with Crippen LogP contribution in [0.25, 0.3) is 11.3 Å². The molecule has 3 aliphatic heterocycles. The third-order valence-electron chi connectivity index (χ3n) is 5.51. The summed E-state index contributed by atoms with van der Waals surface area (Å²) in [7, 11) is 0. The number of aromatic nitrogens is 2. The first-order chi connectivity index (χ1) is 14.2. The van der Waals surface area contributed by atoms with E-state index in [4.69, 9.17) is 16.6 Å². The predicted octanol–water partition coefficient (Wildman–Crippen LogP) is 4.82. The van der Waals surface area contributed by atoms with E-state index in [0.29, 0.717) is 16.5 Å². The van der Waals surface area contributed by atoms with E-state index in [-0.39, 0.29) is 12.1 Å². The van der Waals surface area contributed by atoms with E-state index in [1.54, 1.807) is 18.5 Å². The Morgan fingerprint density at radius 2 is 1.97 bits per heavy atom. The topological polar surface area (TPSA) is 61.4 Å². The van der Waals surface area contributed by atoms with Gasteiger partial charge in [0.05, 0.1) is 23.3 Å². The number of benzene rings is 1. The Morgan fingerprint density at radius 3 is 2.72 bits per heavy atom. The Balaban J connectivity index is 1.57. The lowest BCUT2D eigenvalue weighted by molar-refractivity contribution is 0.253. The molecule has 3 aromatic rings. The van der Waals surface area contributed by atoms with Crippen molar-refractivity contribution in [1.29, 1.82) is 0 Å². The van der Waals surface area contributed by atoms with Crippen molar-refractivity contribution in [2.24, 2.45) is 0 Å². The molecule has 1 saturated heterocycles. The summed E-state index contributed by atoms with van der Waals surface area (Å²) in [6, 6.07) is 15.3. The van der Waals surface area contributed by atoms with E-state index in [9.17, 15) is 4.79 Å².